The Morgan fingerprint density at radius 3 is 3.18 bits per heavy atom. The number of hydrogen-bond donors (Lipinski definition) is 1. The first kappa shape index (κ1) is 12.5. The largest absolute Gasteiger partial charge is 0.374 e. The third-order valence-corrected chi connectivity index (χ3v) is 3.12. The molecule has 1 aliphatic heterocycles. The van der Waals surface area contributed by atoms with Crippen LogP contribution in [0.3, 0.4) is 0 Å². The van der Waals surface area contributed by atoms with Gasteiger partial charge in [0.05, 0.1) is 19.3 Å². The lowest BCUT2D eigenvalue weighted by Gasteiger charge is -2.34. The molecule has 0 radical (unpaired) electrons. The summed E-state index contributed by atoms with van der Waals surface area (Å²) in [6, 6.07) is 0.0712. The van der Waals surface area contributed by atoms with Gasteiger partial charge in [0.25, 0.3) is 0 Å². The smallest absolute Gasteiger partial charge is 0.140 e. The quantitative estimate of drug-likeness (QED) is 0.791. The van der Waals surface area contributed by atoms with Gasteiger partial charge in [0, 0.05) is 25.7 Å². The van der Waals surface area contributed by atoms with Gasteiger partial charge in [0.1, 0.15) is 12.2 Å². The van der Waals surface area contributed by atoms with Crippen molar-refractivity contribution in [2.75, 3.05) is 19.7 Å². The number of aromatic nitrogens is 3. The molecule has 6 nitrogen and oxygen atoms in total. The number of hydrogen-bond acceptors (Lipinski definition) is 5. The maximum Gasteiger partial charge on any atom is 0.140 e. The minimum atomic E-state index is 0.0712. The summed E-state index contributed by atoms with van der Waals surface area (Å²) in [7, 11) is 0. The normalized spacial score (nSPS) is 23.8. The molecule has 1 aromatic heterocycles. The molecule has 2 N–H and O–H groups in total. The topological polar surface area (TPSA) is 69.2 Å². The number of nitrogens with zero attached hydrogens (tertiary/aromatic N) is 4. The highest BCUT2D eigenvalue weighted by atomic mass is 16.5. The molecule has 0 aromatic carbocycles. The van der Waals surface area contributed by atoms with E-state index in [-0.39, 0.29) is 12.1 Å². The maximum absolute atomic E-state index is 5.87. The maximum atomic E-state index is 5.87. The summed E-state index contributed by atoms with van der Waals surface area (Å²) in [5, 5.41) is 4.18. The first-order valence-corrected chi connectivity index (χ1v) is 6.17. The lowest BCUT2D eigenvalue weighted by molar-refractivity contribution is -0.0413. The molecule has 6 heteroatoms. The second-order valence-corrected chi connectivity index (χ2v) is 4.50. The van der Waals surface area contributed by atoms with Crippen LogP contribution in [-0.2, 0) is 17.8 Å². The second kappa shape index (κ2) is 5.57. The van der Waals surface area contributed by atoms with E-state index in [0.29, 0.717) is 0 Å². The fourth-order valence-corrected chi connectivity index (χ4v) is 2.07. The number of aryl methyl sites for hydroxylation is 1. The highest BCUT2D eigenvalue weighted by Gasteiger charge is 2.24. The lowest BCUT2D eigenvalue weighted by atomic mass is 10.1. The number of ether oxygens (including phenoxy) is 1. The van der Waals surface area contributed by atoms with Crippen LogP contribution in [0.1, 0.15) is 19.7 Å². The standard InChI is InChI=1S/C11H21N5O/c1-3-16-11(13-8-14-16)7-15-4-5-17-10(6-15)9(2)12/h8-10H,3-7,12H2,1-2H3. The minimum absolute atomic E-state index is 0.0712. The summed E-state index contributed by atoms with van der Waals surface area (Å²) in [5.41, 5.74) is 5.87. The summed E-state index contributed by atoms with van der Waals surface area (Å²) in [4.78, 5) is 6.62. The molecule has 1 aliphatic rings. The van der Waals surface area contributed by atoms with E-state index in [4.69, 9.17) is 10.5 Å². The summed E-state index contributed by atoms with van der Waals surface area (Å²) in [6.45, 7) is 8.28. The zero-order chi connectivity index (χ0) is 12.3. The van der Waals surface area contributed by atoms with Gasteiger partial charge in [0.2, 0.25) is 0 Å². The van der Waals surface area contributed by atoms with Crippen molar-refractivity contribution in [3.8, 4) is 0 Å². The van der Waals surface area contributed by atoms with Gasteiger partial charge in [-0.25, -0.2) is 9.67 Å². The van der Waals surface area contributed by atoms with E-state index in [1.165, 1.54) is 0 Å². The van der Waals surface area contributed by atoms with Crippen LogP contribution in [0.2, 0.25) is 0 Å². The Hall–Kier alpha value is -0.980. The summed E-state index contributed by atoms with van der Waals surface area (Å²) < 4.78 is 7.56. The SMILES string of the molecule is CCn1ncnc1CN1CCOC(C(C)N)C1. The van der Waals surface area contributed by atoms with Crippen LogP contribution >= 0.6 is 0 Å². The van der Waals surface area contributed by atoms with Gasteiger partial charge in [0.15, 0.2) is 0 Å². The zero-order valence-electron chi connectivity index (χ0n) is 10.5. The van der Waals surface area contributed by atoms with Crippen molar-refractivity contribution >= 4 is 0 Å². The van der Waals surface area contributed by atoms with Crippen LogP contribution in [0.15, 0.2) is 6.33 Å². The van der Waals surface area contributed by atoms with E-state index >= 15 is 0 Å². The average Bonchev–Trinajstić information content (AvgIpc) is 2.76. The average molecular weight is 239 g/mol. The molecule has 0 spiro atoms. The molecule has 0 amide bonds. The molecule has 2 rings (SSSR count). The van der Waals surface area contributed by atoms with Crippen LogP contribution in [0, 0.1) is 0 Å². The van der Waals surface area contributed by atoms with Gasteiger partial charge in [-0.05, 0) is 13.8 Å². The summed E-state index contributed by atoms with van der Waals surface area (Å²) >= 11 is 0. The van der Waals surface area contributed by atoms with Crippen molar-refractivity contribution in [1.82, 2.24) is 19.7 Å². The van der Waals surface area contributed by atoms with Crippen molar-refractivity contribution in [2.45, 2.75) is 39.1 Å². The monoisotopic (exact) mass is 239 g/mol. The van der Waals surface area contributed by atoms with Gasteiger partial charge in [-0.1, -0.05) is 0 Å². The molecular weight excluding hydrogens is 218 g/mol. The van der Waals surface area contributed by atoms with Gasteiger partial charge < -0.3 is 10.5 Å². The van der Waals surface area contributed by atoms with Crippen molar-refractivity contribution < 1.29 is 4.74 Å². The van der Waals surface area contributed by atoms with Gasteiger partial charge >= 0.3 is 0 Å². The zero-order valence-corrected chi connectivity index (χ0v) is 10.5. The number of nitrogens with two attached hydrogens (primary N) is 1. The van der Waals surface area contributed by atoms with Crippen molar-refractivity contribution in [3.63, 3.8) is 0 Å². The molecule has 1 fully saturated rings. The van der Waals surface area contributed by atoms with E-state index in [0.717, 1.165) is 38.6 Å². The molecule has 0 aliphatic carbocycles. The number of morpholine rings is 1. The van der Waals surface area contributed by atoms with Crippen molar-refractivity contribution in [3.05, 3.63) is 12.2 Å². The predicted molar refractivity (Wildman–Crippen MR) is 64.4 cm³/mol. The Kier molecular flexibility index (Phi) is 4.09. The van der Waals surface area contributed by atoms with Crippen LogP contribution in [0.5, 0.6) is 0 Å². The van der Waals surface area contributed by atoms with Gasteiger partial charge in [-0.2, -0.15) is 5.10 Å². The van der Waals surface area contributed by atoms with Gasteiger partial charge in [-0.3, -0.25) is 4.90 Å². The molecule has 0 bridgehead atoms. The fraction of sp³-hybridized carbons (Fsp3) is 0.818. The van der Waals surface area contributed by atoms with E-state index < -0.39 is 0 Å². The Labute approximate surface area is 102 Å². The van der Waals surface area contributed by atoms with Crippen LogP contribution in [0.25, 0.3) is 0 Å². The van der Waals surface area contributed by atoms with E-state index in [9.17, 15) is 0 Å². The first-order valence-electron chi connectivity index (χ1n) is 6.17. The van der Waals surface area contributed by atoms with Gasteiger partial charge in [-0.15, -0.1) is 0 Å². The molecule has 2 heterocycles. The van der Waals surface area contributed by atoms with Crippen molar-refractivity contribution in [2.24, 2.45) is 5.73 Å². The van der Waals surface area contributed by atoms with E-state index in [2.05, 4.69) is 21.9 Å². The lowest BCUT2D eigenvalue weighted by Crippen LogP contribution is -2.49. The Bertz CT molecular complexity index is 351. The molecule has 96 valence electrons. The minimum Gasteiger partial charge on any atom is -0.374 e. The van der Waals surface area contributed by atoms with Crippen molar-refractivity contribution in [1.29, 1.82) is 0 Å². The highest BCUT2D eigenvalue weighted by Crippen LogP contribution is 2.10. The summed E-state index contributed by atoms with van der Waals surface area (Å²) in [6.07, 6.45) is 1.74. The van der Waals surface area contributed by atoms with E-state index in [1.807, 2.05) is 11.6 Å². The van der Waals surface area contributed by atoms with Crippen LogP contribution in [-0.4, -0.2) is 51.5 Å². The van der Waals surface area contributed by atoms with Crippen LogP contribution in [0.4, 0.5) is 0 Å². The second-order valence-electron chi connectivity index (χ2n) is 4.50. The molecular formula is C11H21N5O. The molecule has 0 saturated carbocycles. The van der Waals surface area contributed by atoms with E-state index in [1.54, 1.807) is 6.33 Å². The van der Waals surface area contributed by atoms with Crippen LogP contribution < -0.4 is 5.73 Å². The molecule has 2 atom stereocenters. The third-order valence-electron chi connectivity index (χ3n) is 3.12. The molecule has 2 unspecified atom stereocenters. The predicted octanol–water partition coefficient (Wildman–Crippen LogP) is -0.154. The highest BCUT2D eigenvalue weighted by molar-refractivity contribution is 4.87. The summed E-state index contributed by atoms with van der Waals surface area (Å²) in [5.74, 6) is 1.01. The molecule has 17 heavy (non-hydrogen) atoms. The fourth-order valence-electron chi connectivity index (χ4n) is 2.07. The Morgan fingerprint density at radius 1 is 1.65 bits per heavy atom. The number of rotatable bonds is 4. The molecule has 1 aromatic rings. The third kappa shape index (κ3) is 3.02. The Balaban J connectivity index is 1.94. The molecule has 1 saturated heterocycles. The Morgan fingerprint density at radius 2 is 2.47 bits per heavy atom. The first-order chi connectivity index (χ1) is 8.20.